The van der Waals surface area contributed by atoms with Gasteiger partial charge in [0.25, 0.3) is 5.91 Å². The summed E-state index contributed by atoms with van der Waals surface area (Å²) in [6.07, 6.45) is 3.08. The van der Waals surface area contributed by atoms with Crippen LogP contribution in [0.3, 0.4) is 0 Å². The minimum Gasteiger partial charge on any atom is -0.493 e. The van der Waals surface area contributed by atoms with E-state index in [1.165, 1.54) is 25.2 Å². The fourth-order valence-corrected chi connectivity index (χ4v) is 3.55. The lowest BCUT2D eigenvalue weighted by molar-refractivity contribution is -0.134. The van der Waals surface area contributed by atoms with Crippen molar-refractivity contribution in [3.63, 3.8) is 0 Å². The van der Waals surface area contributed by atoms with Crippen molar-refractivity contribution in [1.29, 1.82) is 0 Å². The van der Waals surface area contributed by atoms with E-state index in [9.17, 15) is 9.59 Å². The Morgan fingerprint density at radius 2 is 1.93 bits per heavy atom. The molecule has 0 saturated carbocycles. The molecule has 0 saturated heterocycles. The summed E-state index contributed by atoms with van der Waals surface area (Å²) < 4.78 is 11.0. The SMILES string of the molecule is COc1cc(C(C)=O)ccc1OCC(=O)N(C)[C@H]1CCCc2ccccc21. The minimum atomic E-state index is -0.0885. The zero-order chi connectivity index (χ0) is 19.4. The minimum absolute atomic E-state index is 0.0494. The smallest absolute Gasteiger partial charge is 0.260 e. The second kappa shape index (κ2) is 8.25. The van der Waals surface area contributed by atoms with E-state index in [-0.39, 0.29) is 24.3 Å². The standard InChI is InChI=1S/C22H25NO4/c1-15(24)17-11-12-20(21(13-17)26-3)27-14-22(25)23(2)19-10-6-8-16-7-4-5-9-18(16)19/h4-5,7,9,11-13,19H,6,8,10,14H2,1-3H3/t19-/m0/s1. The molecule has 5 heteroatoms. The van der Waals surface area contributed by atoms with Crippen LogP contribution in [0, 0.1) is 0 Å². The number of hydrogen-bond donors (Lipinski definition) is 0. The van der Waals surface area contributed by atoms with Gasteiger partial charge in [-0.15, -0.1) is 0 Å². The van der Waals surface area contributed by atoms with Gasteiger partial charge in [0.15, 0.2) is 23.9 Å². The van der Waals surface area contributed by atoms with Crippen LogP contribution < -0.4 is 9.47 Å². The molecule has 2 aromatic carbocycles. The molecule has 0 spiro atoms. The zero-order valence-corrected chi connectivity index (χ0v) is 16.0. The number of rotatable bonds is 6. The predicted octanol–water partition coefficient (Wildman–Crippen LogP) is 3.81. The molecule has 0 N–H and O–H groups in total. The number of aryl methyl sites for hydroxylation is 1. The molecule has 0 aromatic heterocycles. The van der Waals surface area contributed by atoms with Gasteiger partial charge >= 0.3 is 0 Å². The number of fused-ring (bicyclic) bond motifs is 1. The third-order valence-corrected chi connectivity index (χ3v) is 5.12. The number of ether oxygens (including phenoxy) is 2. The first kappa shape index (κ1) is 19.0. The Hall–Kier alpha value is -2.82. The van der Waals surface area contributed by atoms with Crippen LogP contribution in [0.4, 0.5) is 0 Å². The average Bonchev–Trinajstić information content (AvgIpc) is 2.70. The van der Waals surface area contributed by atoms with Gasteiger partial charge in [-0.3, -0.25) is 9.59 Å². The summed E-state index contributed by atoms with van der Waals surface area (Å²) in [7, 11) is 3.34. The molecule has 5 nitrogen and oxygen atoms in total. The van der Waals surface area contributed by atoms with Crippen molar-refractivity contribution < 1.29 is 19.1 Å². The van der Waals surface area contributed by atoms with Crippen molar-refractivity contribution >= 4 is 11.7 Å². The van der Waals surface area contributed by atoms with E-state index in [1.54, 1.807) is 23.1 Å². The van der Waals surface area contributed by atoms with Crippen LogP contribution in [-0.2, 0) is 11.2 Å². The largest absolute Gasteiger partial charge is 0.493 e. The van der Waals surface area contributed by atoms with Crippen LogP contribution in [0.1, 0.15) is 47.3 Å². The third-order valence-electron chi connectivity index (χ3n) is 5.12. The van der Waals surface area contributed by atoms with Crippen LogP contribution in [0.2, 0.25) is 0 Å². The molecule has 0 fully saturated rings. The lowest BCUT2D eigenvalue weighted by atomic mass is 9.87. The topological polar surface area (TPSA) is 55.8 Å². The lowest BCUT2D eigenvalue weighted by Gasteiger charge is -2.33. The molecule has 0 heterocycles. The normalized spacial score (nSPS) is 15.6. The van der Waals surface area contributed by atoms with E-state index in [1.807, 2.05) is 19.2 Å². The summed E-state index contributed by atoms with van der Waals surface area (Å²) in [6.45, 7) is 1.42. The predicted molar refractivity (Wildman–Crippen MR) is 103 cm³/mol. The van der Waals surface area contributed by atoms with Crippen molar-refractivity contribution in [3.05, 3.63) is 59.2 Å². The summed E-state index contributed by atoms with van der Waals surface area (Å²) >= 11 is 0. The molecule has 1 aliphatic carbocycles. The van der Waals surface area contributed by atoms with E-state index in [2.05, 4.69) is 12.1 Å². The number of methoxy groups -OCH3 is 1. The maximum atomic E-state index is 12.7. The van der Waals surface area contributed by atoms with E-state index >= 15 is 0 Å². The molecule has 0 unspecified atom stereocenters. The fraction of sp³-hybridized carbons (Fsp3) is 0.364. The molecule has 0 radical (unpaired) electrons. The van der Waals surface area contributed by atoms with E-state index in [0.29, 0.717) is 17.1 Å². The van der Waals surface area contributed by atoms with Crippen LogP contribution in [-0.4, -0.2) is 37.4 Å². The number of carbonyl (C=O) groups is 2. The molecule has 0 bridgehead atoms. The summed E-state index contributed by atoms with van der Waals surface area (Å²) in [6, 6.07) is 13.4. The number of Topliss-reactive ketones (excluding diaryl/α,β-unsaturated/α-hetero) is 1. The number of amides is 1. The van der Waals surface area contributed by atoms with Gasteiger partial charge in [0.2, 0.25) is 0 Å². The van der Waals surface area contributed by atoms with Gasteiger partial charge in [0.05, 0.1) is 13.2 Å². The van der Waals surface area contributed by atoms with Gasteiger partial charge in [0.1, 0.15) is 0 Å². The Kier molecular flexibility index (Phi) is 5.79. The van der Waals surface area contributed by atoms with E-state index < -0.39 is 0 Å². The first-order chi connectivity index (χ1) is 13.0. The van der Waals surface area contributed by atoms with Gasteiger partial charge < -0.3 is 14.4 Å². The Labute approximate surface area is 159 Å². The van der Waals surface area contributed by atoms with Crippen molar-refractivity contribution in [3.8, 4) is 11.5 Å². The fourth-order valence-electron chi connectivity index (χ4n) is 3.55. The molecule has 142 valence electrons. The molecule has 0 aliphatic heterocycles. The second-order valence-corrected chi connectivity index (χ2v) is 6.82. The maximum Gasteiger partial charge on any atom is 0.260 e. The highest BCUT2D eigenvalue weighted by Gasteiger charge is 2.26. The van der Waals surface area contributed by atoms with Crippen molar-refractivity contribution in [2.45, 2.75) is 32.2 Å². The van der Waals surface area contributed by atoms with Crippen molar-refractivity contribution in [2.75, 3.05) is 20.8 Å². The molecular weight excluding hydrogens is 342 g/mol. The van der Waals surface area contributed by atoms with Gasteiger partial charge in [-0.05, 0) is 55.5 Å². The highest BCUT2D eigenvalue weighted by Crippen LogP contribution is 2.34. The number of benzene rings is 2. The average molecular weight is 367 g/mol. The summed E-state index contributed by atoms with van der Waals surface area (Å²) in [5.74, 6) is 0.760. The lowest BCUT2D eigenvalue weighted by Crippen LogP contribution is -2.36. The van der Waals surface area contributed by atoms with E-state index in [0.717, 1.165) is 19.3 Å². The summed E-state index contributed by atoms with van der Waals surface area (Å²) in [4.78, 5) is 26.0. The van der Waals surface area contributed by atoms with Gasteiger partial charge in [0, 0.05) is 12.6 Å². The van der Waals surface area contributed by atoms with Crippen LogP contribution in [0.15, 0.2) is 42.5 Å². The second-order valence-electron chi connectivity index (χ2n) is 6.82. The molecule has 2 aromatic rings. The summed E-state index contributed by atoms with van der Waals surface area (Å²) in [5.41, 5.74) is 3.08. The summed E-state index contributed by atoms with van der Waals surface area (Å²) in [5, 5.41) is 0. The Morgan fingerprint density at radius 3 is 2.67 bits per heavy atom. The molecular formula is C22H25NO4. The Balaban J connectivity index is 1.69. The van der Waals surface area contributed by atoms with Crippen LogP contribution >= 0.6 is 0 Å². The zero-order valence-electron chi connectivity index (χ0n) is 16.0. The van der Waals surface area contributed by atoms with Gasteiger partial charge in [-0.2, -0.15) is 0 Å². The van der Waals surface area contributed by atoms with Gasteiger partial charge in [-0.1, -0.05) is 24.3 Å². The number of ketones is 1. The maximum absolute atomic E-state index is 12.7. The van der Waals surface area contributed by atoms with E-state index in [4.69, 9.17) is 9.47 Å². The first-order valence-corrected chi connectivity index (χ1v) is 9.16. The number of likely N-dealkylation sites (N-methyl/N-ethyl adjacent to an activating group) is 1. The third kappa shape index (κ3) is 4.13. The Bertz CT molecular complexity index is 846. The highest BCUT2D eigenvalue weighted by molar-refractivity contribution is 5.94. The van der Waals surface area contributed by atoms with Crippen molar-refractivity contribution in [2.24, 2.45) is 0 Å². The quantitative estimate of drug-likeness (QED) is 0.729. The molecule has 27 heavy (non-hydrogen) atoms. The van der Waals surface area contributed by atoms with Crippen molar-refractivity contribution in [1.82, 2.24) is 4.90 Å². The number of hydrogen-bond acceptors (Lipinski definition) is 4. The van der Waals surface area contributed by atoms with Gasteiger partial charge in [-0.25, -0.2) is 0 Å². The number of carbonyl (C=O) groups excluding carboxylic acids is 2. The Morgan fingerprint density at radius 1 is 1.15 bits per heavy atom. The van der Waals surface area contributed by atoms with Crippen LogP contribution in [0.25, 0.3) is 0 Å². The monoisotopic (exact) mass is 367 g/mol. The highest BCUT2D eigenvalue weighted by atomic mass is 16.5. The molecule has 3 rings (SSSR count). The molecule has 1 atom stereocenters. The molecule has 1 amide bonds. The number of nitrogens with zero attached hydrogens (tertiary/aromatic N) is 1. The van der Waals surface area contributed by atoms with Crippen LogP contribution in [0.5, 0.6) is 11.5 Å². The molecule has 1 aliphatic rings. The first-order valence-electron chi connectivity index (χ1n) is 9.16.